The summed E-state index contributed by atoms with van der Waals surface area (Å²) in [6, 6.07) is 0. The van der Waals surface area contributed by atoms with Crippen molar-refractivity contribution in [2.24, 2.45) is 5.92 Å². The highest BCUT2D eigenvalue weighted by atomic mass is 35.5. The summed E-state index contributed by atoms with van der Waals surface area (Å²) in [4.78, 5) is 0. The van der Waals surface area contributed by atoms with Gasteiger partial charge >= 0.3 is 0 Å². The number of thioether (sulfide) groups is 1. The first kappa shape index (κ1) is 10.6. The molecule has 10 heavy (non-hydrogen) atoms. The Balaban J connectivity index is 2.89. The van der Waals surface area contributed by atoms with Crippen LogP contribution in [-0.4, -0.2) is 31.1 Å². The van der Waals surface area contributed by atoms with Crippen LogP contribution < -0.4 is 0 Å². The Morgan fingerprint density at radius 1 is 1.60 bits per heavy atom. The maximum Gasteiger partial charge on any atom is 0.0552 e. The lowest BCUT2D eigenvalue weighted by atomic mass is 10.3. The van der Waals surface area contributed by atoms with Crippen LogP contribution >= 0.6 is 23.4 Å². The first-order valence-electron chi connectivity index (χ1n) is 3.44. The van der Waals surface area contributed by atoms with Crippen molar-refractivity contribution in [3.05, 3.63) is 0 Å². The fourth-order valence-electron chi connectivity index (χ4n) is 0.471. The molecule has 0 saturated heterocycles. The van der Waals surface area contributed by atoms with E-state index in [0.717, 1.165) is 24.0 Å². The van der Waals surface area contributed by atoms with Crippen molar-refractivity contribution in [3.8, 4) is 0 Å². The van der Waals surface area contributed by atoms with Crippen LogP contribution in [0.3, 0.4) is 0 Å². The van der Waals surface area contributed by atoms with Crippen molar-refractivity contribution < 1.29 is 4.74 Å². The summed E-state index contributed by atoms with van der Waals surface area (Å²) >= 11 is 7.52. The molecule has 1 unspecified atom stereocenters. The number of rotatable bonds is 6. The number of halogens is 1. The fourth-order valence-corrected chi connectivity index (χ4v) is 1.68. The second-order valence-corrected chi connectivity index (χ2v) is 3.79. The minimum atomic E-state index is 0.628. The molecule has 0 radical (unpaired) electrons. The van der Waals surface area contributed by atoms with Gasteiger partial charge in [-0.15, -0.1) is 11.6 Å². The van der Waals surface area contributed by atoms with E-state index in [-0.39, 0.29) is 0 Å². The molecule has 1 nitrogen and oxygen atoms in total. The average Bonchev–Trinajstić information content (AvgIpc) is 1.98. The van der Waals surface area contributed by atoms with Crippen molar-refractivity contribution in [2.45, 2.75) is 6.92 Å². The fraction of sp³-hybridized carbons (Fsp3) is 1.00. The van der Waals surface area contributed by atoms with Gasteiger partial charge < -0.3 is 4.74 Å². The predicted molar refractivity (Wildman–Crippen MR) is 49.1 cm³/mol. The monoisotopic (exact) mass is 182 g/mol. The van der Waals surface area contributed by atoms with Crippen LogP contribution in [0.2, 0.25) is 0 Å². The molecule has 0 aromatic carbocycles. The van der Waals surface area contributed by atoms with E-state index in [9.17, 15) is 0 Å². The average molecular weight is 183 g/mol. The Kier molecular flexibility index (Phi) is 8.17. The van der Waals surface area contributed by atoms with E-state index >= 15 is 0 Å². The normalized spacial score (nSPS) is 13.5. The summed E-state index contributed by atoms with van der Waals surface area (Å²) in [7, 11) is 1.73. The molecule has 62 valence electrons. The maximum absolute atomic E-state index is 5.62. The lowest BCUT2D eigenvalue weighted by Gasteiger charge is -2.05. The van der Waals surface area contributed by atoms with Crippen LogP contribution in [0.4, 0.5) is 0 Å². The summed E-state index contributed by atoms with van der Waals surface area (Å²) in [6.45, 7) is 3.01. The second-order valence-electron chi connectivity index (χ2n) is 2.33. The molecule has 0 amide bonds. The smallest absolute Gasteiger partial charge is 0.0552 e. The number of alkyl halides is 1. The van der Waals surface area contributed by atoms with E-state index < -0.39 is 0 Å². The minimum absolute atomic E-state index is 0.628. The van der Waals surface area contributed by atoms with Crippen LogP contribution in [0.15, 0.2) is 0 Å². The number of methoxy groups -OCH3 is 1. The molecule has 0 aromatic heterocycles. The number of hydrogen-bond acceptors (Lipinski definition) is 2. The highest BCUT2D eigenvalue weighted by Crippen LogP contribution is 2.08. The Labute approximate surface area is 72.5 Å². The molecule has 0 aliphatic rings. The largest absolute Gasteiger partial charge is 0.384 e. The summed E-state index contributed by atoms with van der Waals surface area (Å²) in [5.41, 5.74) is 0. The van der Waals surface area contributed by atoms with Crippen molar-refractivity contribution in [1.82, 2.24) is 0 Å². The van der Waals surface area contributed by atoms with E-state index in [2.05, 4.69) is 6.92 Å². The summed E-state index contributed by atoms with van der Waals surface area (Å²) < 4.78 is 4.90. The molecule has 1 atom stereocenters. The Hall–Kier alpha value is 0.600. The molecule has 3 heteroatoms. The molecule has 0 aromatic rings. The number of ether oxygens (including phenoxy) is 1. The quantitative estimate of drug-likeness (QED) is 0.461. The molecule has 0 rings (SSSR count). The zero-order chi connectivity index (χ0) is 7.82. The van der Waals surface area contributed by atoms with E-state index in [1.807, 2.05) is 11.8 Å². The van der Waals surface area contributed by atoms with Gasteiger partial charge in [0.15, 0.2) is 0 Å². The van der Waals surface area contributed by atoms with Crippen molar-refractivity contribution >= 4 is 23.4 Å². The zero-order valence-corrected chi connectivity index (χ0v) is 8.17. The molecule has 0 spiro atoms. The van der Waals surface area contributed by atoms with Gasteiger partial charge in [-0.3, -0.25) is 0 Å². The van der Waals surface area contributed by atoms with Gasteiger partial charge in [0.05, 0.1) is 6.61 Å². The highest BCUT2D eigenvalue weighted by molar-refractivity contribution is 7.99. The molecule has 0 heterocycles. The summed E-state index contributed by atoms with van der Waals surface area (Å²) in [5, 5.41) is 0. The third-order valence-corrected chi connectivity index (χ3v) is 2.88. The lowest BCUT2D eigenvalue weighted by Crippen LogP contribution is -2.01. The standard InChI is InChI=1S/C7H15ClOS/c1-7(5-8)6-10-4-3-9-2/h7H,3-6H2,1-2H3. The van der Waals surface area contributed by atoms with Gasteiger partial charge in [-0.25, -0.2) is 0 Å². The van der Waals surface area contributed by atoms with Crippen LogP contribution in [0.25, 0.3) is 0 Å². The first-order valence-corrected chi connectivity index (χ1v) is 5.12. The second kappa shape index (κ2) is 7.70. The van der Waals surface area contributed by atoms with Gasteiger partial charge in [-0.05, 0) is 11.7 Å². The minimum Gasteiger partial charge on any atom is -0.384 e. The summed E-state index contributed by atoms with van der Waals surface area (Å²) in [5.74, 6) is 3.62. The molecule has 0 saturated carbocycles. The Morgan fingerprint density at radius 2 is 2.30 bits per heavy atom. The molecule has 0 aliphatic heterocycles. The van der Waals surface area contributed by atoms with E-state index in [1.54, 1.807) is 7.11 Å². The highest BCUT2D eigenvalue weighted by Gasteiger charge is 1.98. The molecule has 0 fully saturated rings. The predicted octanol–water partition coefficient (Wildman–Crippen LogP) is 2.24. The van der Waals surface area contributed by atoms with Crippen LogP contribution in [0.5, 0.6) is 0 Å². The SMILES string of the molecule is COCCSCC(C)CCl. The van der Waals surface area contributed by atoms with Gasteiger partial charge in [-0.2, -0.15) is 11.8 Å². The lowest BCUT2D eigenvalue weighted by molar-refractivity contribution is 0.218. The van der Waals surface area contributed by atoms with Crippen LogP contribution in [0, 0.1) is 5.92 Å². The van der Waals surface area contributed by atoms with Crippen molar-refractivity contribution in [2.75, 3.05) is 31.1 Å². The molecule has 0 bridgehead atoms. The van der Waals surface area contributed by atoms with E-state index in [4.69, 9.17) is 16.3 Å². The maximum atomic E-state index is 5.62. The van der Waals surface area contributed by atoms with E-state index in [1.165, 1.54) is 0 Å². The summed E-state index contributed by atoms with van der Waals surface area (Å²) in [6.07, 6.45) is 0. The first-order chi connectivity index (χ1) is 4.81. The van der Waals surface area contributed by atoms with Gasteiger partial charge in [0, 0.05) is 18.7 Å². The third kappa shape index (κ3) is 6.72. The molecular weight excluding hydrogens is 168 g/mol. The molecule has 0 N–H and O–H groups in total. The Morgan fingerprint density at radius 3 is 2.80 bits per heavy atom. The van der Waals surface area contributed by atoms with E-state index in [0.29, 0.717) is 5.92 Å². The van der Waals surface area contributed by atoms with Gasteiger partial charge in [0.2, 0.25) is 0 Å². The van der Waals surface area contributed by atoms with Crippen molar-refractivity contribution in [3.63, 3.8) is 0 Å². The van der Waals surface area contributed by atoms with Crippen LogP contribution in [-0.2, 0) is 4.74 Å². The van der Waals surface area contributed by atoms with Crippen molar-refractivity contribution in [1.29, 1.82) is 0 Å². The topological polar surface area (TPSA) is 9.23 Å². The number of hydrogen-bond donors (Lipinski definition) is 0. The third-order valence-electron chi connectivity index (χ3n) is 1.10. The zero-order valence-electron chi connectivity index (χ0n) is 6.60. The van der Waals surface area contributed by atoms with Crippen LogP contribution in [0.1, 0.15) is 6.92 Å². The van der Waals surface area contributed by atoms with Gasteiger partial charge in [0.25, 0.3) is 0 Å². The van der Waals surface area contributed by atoms with Gasteiger partial charge in [-0.1, -0.05) is 6.92 Å². The Bertz CT molecular complexity index is 70.6. The molecule has 0 aliphatic carbocycles. The molecular formula is C7H15ClOS. The van der Waals surface area contributed by atoms with Gasteiger partial charge in [0.1, 0.15) is 0 Å².